The van der Waals surface area contributed by atoms with Crippen LogP contribution in [0, 0.1) is 11.6 Å². The molecule has 1 saturated heterocycles. The van der Waals surface area contributed by atoms with Crippen LogP contribution in [0.15, 0.2) is 30.6 Å². The average molecular weight is 321 g/mol. The Bertz CT molecular complexity index is 643. The van der Waals surface area contributed by atoms with Crippen molar-refractivity contribution < 1.29 is 18.3 Å². The third-order valence-electron chi connectivity index (χ3n) is 3.53. The van der Waals surface area contributed by atoms with Gasteiger partial charge in [-0.2, -0.15) is 0 Å². The molecule has 2 heterocycles. The second kappa shape index (κ2) is 7.43. The van der Waals surface area contributed by atoms with Gasteiger partial charge in [0, 0.05) is 31.3 Å². The fourth-order valence-electron chi connectivity index (χ4n) is 2.36. The largest absolute Gasteiger partial charge is 0.475 e. The summed E-state index contributed by atoms with van der Waals surface area (Å²) in [4.78, 5) is 10.5. The predicted octanol–water partition coefficient (Wildman–Crippen LogP) is 2.13. The summed E-state index contributed by atoms with van der Waals surface area (Å²) in [6.07, 6.45) is 2.93. The summed E-state index contributed by atoms with van der Waals surface area (Å²) >= 11 is 0. The topological polar surface area (TPSA) is 47.5 Å². The number of halogens is 2. The van der Waals surface area contributed by atoms with Gasteiger partial charge in [-0.1, -0.05) is 0 Å². The molecule has 0 N–H and O–H groups in total. The fourth-order valence-corrected chi connectivity index (χ4v) is 2.36. The van der Waals surface area contributed by atoms with Crippen LogP contribution in [0.1, 0.15) is 0 Å². The van der Waals surface area contributed by atoms with Gasteiger partial charge in [0.1, 0.15) is 18.2 Å². The summed E-state index contributed by atoms with van der Waals surface area (Å²) in [7, 11) is 0. The lowest BCUT2D eigenvalue weighted by Gasteiger charge is -2.26. The third-order valence-corrected chi connectivity index (χ3v) is 3.53. The van der Waals surface area contributed by atoms with Gasteiger partial charge >= 0.3 is 0 Å². The summed E-state index contributed by atoms with van der Waals surface area (Å²) in [5.74, 6) is -0.971. The molecule has 1 aliphatic rings. The zero-order valence-corrected chi connectivity index (χ0v) is 12.5. The van der Waals surface area contributed by atoms with E-state index in [1.807, 2.05) is 0 Å². The van der Waals surface area contributed by atoms with Crippen molar-refractivity contribution >= 4 is 0 Å². The molecule has 7 heteroatoms. The van der Waals surface area contributed by atoms with E-state index in [1.54, 1.807) is 0 Å². The Kier molecular flexibility index (Phi) is 5.09. The van der Waals surface area contributed by atoms with Crippen LogP contribution in [-0.2, 0) is 4.74 Å². The first-order valence-electron chi connectivity index (χ1n) is 7.42. The van der Waals surface area contributed by atoms with Gasteiger partial charge in [-0.05, 0) is 12.1 Å². The van der Waals surface area contributed by atoms with Gasteiger partial charge in [0.15, 0.2) is 0 Å². The number of hydrogen-bond acceptors (Lipinski definition) is 5. The molecule has 3 rings (SSSR count). The van der Waals surface area contributed by atoms with Crippen LogP contribution < -0.4 is 4.74 Å². The van der Waals surface area contributed by atoms with E-state index in [-0.39, 0.29) is 0 Å². The van der Waals surface area contributed by atoms with Crippen molar-refractivity contribution in [2.24, 2.45) is 0 Å². The molecule has 1 aliphatic heterocycles. The summed E-state index contributed by atoms with van der Waals surface area (Å²) in [6, 6.07) is 3.24. The van der Waals surface area contributed by atoms with Gasteiger partial charge in [0.2, 0.25) is 5.88 Å². The first kappa shape index (κ1) is 15.8. The molecule has 122 valence electrons. The molecule has 0 unspecified atom stereocenters. The maximum Gasteiger partial charge on any atom is 0.232 e. The molecule has 0 aliphatic carbocycles. The number of morpholine rings is 1. The molecule has 0 saturated carbocycles. The van der Waals surface area contributed by atoms with E-state index < -0.39 is 11.6 Å². The standard InChI is InChI=1S/C16H17F2N3O2/c17-13-7-12(8-14(18)9-13)15-10-19-11-16(20-15)23-6-3-21-1-4-22-5-2-21/h7-11H,1-6H2. The van der Waals surface area contributed by atoms with Gasteiger partial charge in [0.05, 0.1) is 31.3 Å². The quantitative estimate of drug-likeness (QED) is 0.844. The predicted molar refractivity (Wildman–Crippen MR) is 80.1 cm³/mol. The average Bonchev–Trinajstić information content (AvgIpc) is 2.55. The summed E-state index contributed by atoms with van der Waals surface area (Å²) in [5, 5.41) is 0. The molecular weight excluding hydrogens is 304 g/mol. The Morgan fingerprint density at radius 1 is 1.09 bits per heavy atom. The van der Waals surface area contributed by atoms with Crippen molar-refractivity contribution in [2.45, 2.75) is 0 Å². The van der Waals surface area contributed by atoms with E-state index in [2.05, 4.69) is 14.9 Å². The van der Waals surface area contributed by atoms with E-state index in [0.29, 0.717) is 23.7 Å². The van der Waals surface area contributed by atoms with E-state index in [0.717, 1.165) is 38.9 Å². The molecular formula is C16H17F2N3O2. The molecule has 0 radical (unpaired) electrons. The summed E-state index contributed by atoms with van der Waals surface area (Å²) in [5.41, 5.74) is 0.695. The number of ether oxygens (including phenoxy) is 2. The smallest absolute Gasteiger partial charge is 0.232 e. The molecule has 2 aromatic rings. The third kappa shape index (κ3) is 4.43. The van der Waals surface area contributed by atoms with Crippen molar-refractivity contribution in [1.82, 2.24) is 14.9 Å². The molecule has 0 spiro atoms. The first-order valence-corrected chi connectivity index (χ1v) is 7.42. The number of hydrogen-bond donors (Lipinski definition) is 0. The highest BCUT2D eigenvalue weighted by Gasteiger charge is 2.11. The molecule has 23 heavy (non-hydrogen) atoms. The van der Waals surface area contributed by atoms with Crippen LogP contribution >= 0.6 is 0 Å². The Balaban J connectivity index is 1.62. The highest BCUT2D eigenvalue weighted by molar-refractivity contribution is 5.58. The van der Waals surface area contributed by atoms with Crippen molar-refractivity contribution in [3.63, 3.8) is 0 Å². The van der Waals surface area contributed by atoms with E-state index in [9.17, 15) is 8.78 Å². The highest BCUT2D eigenvalue weighted by atomic mass is 19.1. The summed E-state index contributed by atoms with van der Waals surface area (Å²) in [6.45, 7) is 4.48. The molecule has 5 nitrogen and oxygen atoms in total. The minimum atomic E-state index is -0.652. The Labute approximate surface area is 132 Å². The first-order chi connectivity index (χ1) is 11.2. The fraction of sp³-hybridized carbons (Fsp3) is 0.375. The molecule has 0 bridgehead atoms. The highest BCUT2D eigenvalue weighted by Crippen LogP contribution is 2.20. The second-order valence-corrected chi connectivity index (χ2v) is 5.20. The van der Waals surface area contributed by atoms with E-state index in [1.165, 1.54) is 24.5 Å². The number of benzene rings is 1. The van der Waals surface area contributed by atoms with Crippen LogP contribution in [0.5, 0.6) is 5.88 Å². The van der Waals surface area contributed by atoms with Crippen LogP contribution in [0.25, 0.3) is 11.3 Å². The minimum absolute atomic E-state index is 0.327. The van der Waals surface area contributed by atoms with Crippen molar-refractivity contribution in [1.29, 1.82) is 0 Å². The lowest BCUT2D eigenvalue weighted by Crippen LogP contribution is -2.38. The van der Waals surface area contributed by atoms with E-state index >= 15 is 0 Å². The SMILES string of the molecule is Fc1cc(F)cc(-c2cncc(OCCN3CCOCC3)n2)c1. The van der Waals surface area contributed by atoms with Gasteiger partial charge in [-0.25, -0.2) is 13.8 Å². The van der Waals surface area contributed by atoms with E-state index in [4.69, 9.17) is 9.47 Å². The van der Waals surface area contributed by atoms with Crippen molar-refractivity contribution in [3.8, 4) is 17.1 Å². The number of nitrogens with zero attached hydrogens (tertiary/aromatic N) is 3. The Morgan fingerprint density at radius 3 is 2.57 bits per heavy atom. The van der Waals surface area contributed by atoms with Crippen molar-refractivity contribution in [3.05, 3.63) is 42.2 Å². The van der Waals surface area contributed by atoms with Gasteiger partial charge < -0.3 is 9.47 Å². The van der Waals surface area contributed by atoms with Crippen LogP contribution in [0.4, 0.5) is 8.78 Å². The van der Waals surface area contributed by atoms with Crippen LogP contribution in [0.2, 0.25) is 0 Å². The van der Waals surface area contributed by atoms with Crippen LogP contribution in [0.3, 0.4) is 0 Å². The second-order valence-electron chi connectivity index (χ2n) is 5.20. The summed E-state index contributed by atoms with van der Waals surface area (Å²) < 4.78 is 37.4. The number of aromatic nitrogens is 2. The lowest BCUT2D eigenvalue weighted by atomic mass is 10.1. The Hall–Kier alpha value is -2.12. The monoisotopic (exact) mass is 321 g/mol. The lowest BCUT2D eigenvalue weighted by molar-refractivity contribution is 0.0320. The zero-order valence-electron chi connectivity index (χ0n) is 12.5. The Morgan fingerprint density at radius 2 is 1.83 bits per heavy atom. The van der Waals surface area contributed by atoms with Crippen molar-refractivity contribution in [2.75, 3.05) is 39.5 Å². The van der Waals surface area contributed by atoms with Gasteiger partial charge in [-0.3, -0.25) is 9.88 Å². The minimum Gasteiger partial charge on any atom is -0.475 e. The molecule has 0 amide bonds. The maximum absolute atomic E-state index is 13.3. The molecule has 1 aromatic heterocycles. The van der Waals surface area contributed by atoms with Gasteiger partial charge in [-0.15, -0.1) is 0 Å². The molecule has 1 aromatic carbocycles. The zero-order chi connectivity index (χ0) is 16.1. The normalized spacial score (nSPS) is 15.6. The number of rotatable bonds is 5. The maximum atomic E-state index is 13.3. The molecule has 0 atom stereocenters. The van der Waals surface area contributed by atoms with Crippen LogP contribution in [-0.4, -0.2) is 54.3 Å². The van der Waals surface area contributed by atoms with Gasteiger partial charge in [0.25, 0.3) is 0 Å². The molecule has 1 fully saturated rings.